The number of anilines is 2. The number of rotatable bonds is 29. The number of amides is 1. The topological polar surface area (TPSA) is 243 Å². The number of hydrogen-bond acceptors (Lipinski definition) is 13. The number of nitrogens with one attached hydrogen (secondary N) is 2. The zero-order valence-electron chi connectivity index (χ0n) is 50.1. The molecule has 0 spiro atoms. The summed E-state index contributed by atoms with van der Waals surface area (Å²) in [6, 6.07) is 46.7. The van der Waals surface area contributed by atoms with Crippen LogP contribution in [0.25, 0.3) is 5.57 Å². The Kier molecular flexibility index (Phi) is 21.7. The number of allylic oxidation sites excluding steroid dienone is 6. The van der Waals surface area contributed by atoms with E-state index in [-0.39, 0.29) is 30.5 Å². The standard InChI is InChI=1S/C67H79B2N5O11S2/c1-48(2)65(75)70-38-15-39-72(47-54-19-8-12-23-60(54)69(78)79)46-50-28-34-55(35-29-50)71-56(45-53-18-7-11-22-59(53)68(76)77)44-49-26-30-51(31-27-49)52(32-36-63-66(3,4)57-20-9-13-24-61(57)73(63)40-16-42-86(80,81)82)33-37-64-67(5,6)58-21-10-14-25-62(58)74(64)41-17-43-87(83,84)85/h7-14,18-37,56,71,76-79H,1,15-17,38-47H2,2-6H3,(H2-,70,75,80,81,82,83,84,85). The molecule has 2 aliphatic rings. The van der Waals surface area contributed by atoms with E-state index in [0.717, 1.165) is 73.0 Å². The van der Waals surface area contributed by atoms with Gasteiger partial charge in [0.05, 0.1) is 21.3 Å². The van der Waals surface area contributed by atoms with Crippen molar-refractivity contribution in [1.29, 1.82) is 0 Å². The molecule has 87 heavy (non-hydrogen) atoms. The maximum absolute atomic E-state index is 12.2. The molecule has 2 aliphatic heterocycles. The summed E-state index contributed by atoms with van der Waals surface area (Å²) in [6.07, 6.45) is 10.2. The van der Waals surface area contributed by atoms with E-state index in [1.807, 2.05) is 84.9 Å². The highest BCUT2D eigenvalue weighted by Crippen LogP contribution is 2.48. The molecule has 0 aliphatic carbocycles. The molecule has 7 N–H and O–H groups in total. The summed E-state index contributed by atoms with van der Waals surface area (Å²) in [5.41, 5.74) is 12.2. The number of para-hydroxylation sites is 2. The van der Waals surface area contributed by atoms with Crippen LogP contribution in [0.15, 0.2) is 188 Å². The Morgan fingerprint density at radius 2 is 1.33 bits per heavy atom. The van der Waals surface area contributed by atoms with Gasteiger partial charge in [-0.3, -0.25) is 14.2 Å². The molecule has 2 heterocycles. The lowest BCUT2D eigenvalue weighted by molar-refractivity contribution is -0.437. The molecule has 20 heteroatoms. The number of fused-ring (bicyclic) bond motifs is 2. The zero-order chi connectivity index (χ0) is 62.7. The summed E-state index contributed by atoms with van der Waals surface area (Å²) in [6.45, 7) is 16.6. The fraction of sp³-hybridized carbons (Fsp3) is 0.313. The second kappa shape index (κ2) is 28.7. The highest BCUT2D eigenvalue weighted by atomic mass is 32.2. The molecule has 0 fully saturated rings. The van der Waals surface area contributed by atoms with Crippen molar-refractivity contribution < 1.29 is 55.4 Å². The van der Waals surface area contributed by atoms with Crippen molar-refractivity contribution in [2.24, 2.45) is 0 Å². The smallest absolute Gasteiger partial charge is 0.488 e. The van der Waals surface area contributed by atoms with Crippen LogP contribution in [-0.4, -0.2) is 125 Å². The predicted molar refractivity (Wildman–Crippen MR) is 348 cm³/mol. The quantitative estimate of drug-likeness (QED) is 0.00609. The van der Waals surface area contributed by atoms with Gasteiger partial charge in [-0.15, -0.1) is 0 Å². The van der Waals surface area contributed by atoms with Gasteiger partial charge in [-0.05, 0) is 127 Å². The summed E-state index contributed by atoms with van der Waals surface area (Å²) in [5.74, 6) is -1.09. The Morgan fingerprint density at radius 1 is 0.724 bits per heavy atom. The van der Waals surface area contributed by atoms with E-state index in [2.05, 4.69) is 120 Å². The highest BCUT2D eigenvalue weighted by molar-refractivity contribution is 7.85. The van der Waals surface area contributed by atoms with Crippen LogP contribution in [0.1, 0.15) is 92.8 Å². The van der Waals surface area contributed by atoms with Crippen LogP contribution in [0.2, 0.25) is 0 Å². The number of nitrogens with zero attached hydrogens (tertiary/aromatic N) is 3. The lowest BCUT2D eigenvalue weighted by Crippen LogP contribution is -2.36. The van der Waals surface area contributed by atoms with E-state index in [9.17, 15) is 50.8 Å². The third-order valence-electron chi connectivity index (χ3n) is 16.4. The van der Waals surface area contributed by atoms with Crippen molar-refractivity contribution in [3.8, 4) is 0 Å². The number of carbonyl (C=O) groups is 1. The third-order valence-corrected chi connectivity index (χ3v) is 17.9. The Hall–Kier alpha value is -7.23. The Morgan fingerprint density at radius 3 is 1.99 bits per heavy atom. The normalized spacial score (nSPS) is 15.5. The maximum Gasteiger partial charge on any atom is 0.488 e. The second-order valence-electron chi connectivity index (χ2n) is 23.6. The fourth-order valence-electron chi connectivity index (χ4n) is 11.9. The Labute approximate surface area is 513 Å². The first-order valence-electron chi connectivity index (χ1n) is 29.4. The molecule has 0 radical (unpaired) electrons. The predicted octanol–water partition coefficient (Wildman–Crippen LogP) is 7.31. The Balaban J connectivity index is 1.12. The maximum atomic E-state index is 12.2. The van der Waals surface area contributed by atoms with Gasteiger partial charge in [0, 0.05) is 96.7 Å². The molecule has 0 bridgehead atoms. The molecule has 6 aromatic carbocycles. The zero-order valence-corrected chi connectivity index (χ0v) is 51.8. The molecule has 1 atom stereocenters. The van der Waals surface area contributed by atoms with Gasteiger partial charge in [0.15, 0.2) is 5.71 Å². The molecule has 1 unspecified atom stereocenters. The largest absolute Gasteiger partial charge is 0.748 e. The summed E-state index contributed by atoms with van der Waals surface area (Å²) >= 11 is 0. The molecule has 8 rings (SSSR count). The molecule has 1 amide bonds. The van der Waals surface area contributed by atoms with Gasteiger partial charge < -0.3 is 40.2 Å². The average molecular weight is 1220 g/mol. The number of benzene rings is 6. The average Bonchev–Trinajstić information content (AvgIpc) is 1.70. The molecular weight excluding hydrogens is 1140 g/mol. The van der Waals surface area contributed by atoms with Gasteiger partial charge in [-0.1, -0.05) is 148 Å². The third kappa shape index (κ3) is 17.3. The summed E-state index contributed by atoms with van der Waals surface area (Å²) < 4.78 is 71.1. The van der Waals surface area contributed by atoms with Crippen molar-refractivity contribution in [3.63, 3.8) is 0 Å². The van der Waals surface area contributed by atoms with Crippen LogP contribution < -0.4 is 26.5 Å². The van der Waals surface area contributed by atoms with Crippen molar-refractivity contribution in [2.75, 3.05) is 47.9 Å². The molecule has 0 aromatic heterocycles. The molecule has 0 saturated carbocycles. The number of hydrogen-bond donors (Lipinski definition) is 7. The van der Waals surface area contributed by atoms with Gasteiger partial charge in [0.25, 0.3) is 10.1 Å². The first-order valence-corrected chi connectivity index (χ1v) is 32.6. The summed E-state index contributed by atoms with van der Waals surface area (Å²) in [4.78, 5) is 16.6. The second-order valence-corrected chi connectivity index (χ2v) is 26.7. The SMILES string of the molecule is C=C(C)C(=O)NCCCN(Cc1ccc(NC(Cc2ccc(C(=C\C=C3/N(CCCS(=O)(=O)O)c4ccccc4C3(C)C)/C=C/C3=[N+](CCCS(=O)(=O)[O-])c4ccccc4C3(C)C)cc2)Cc2ccccc2B(O)O)cc1)Cc1ccccc1B(O)O. The molecule has 6 aromatic rings. The fourth-order valence-corrected chi connectivity index (χ4v) is 12.9. The molecule has 0 saturated heterocycles. The van der Waals surface area contributed by atoms with Crippen molar-refractivity contribution in [2.45, 2.75) is 96.7 Å². The first-order chi connectivity index (χ1) is 41.3. The number of carbonyl (C=O) groups excluding carboxylic acids is 1. The summed E-state index contributed by atoms with van der Waals surface area (Å²) in [7, 11) is -12.0. The van der Waals surface area contributed by atoms with E-state index >= 15 is 0 Å². The first kappa shape index (κ1) is 65.7. The van der Waals surface area contributed by atoms with Gasteiger partial charge >= 0.3 is 14.2 Å². The van der Waals surface area contributed by atoms with Crippen LogP contribution >= 0.6 is 0 Å². The molecular formula is C67H79B2N5O11S2. The van der Waals surface area contributed by atoms with Crippen LogP contribution in [0.4, 0.5) is 17.1 Å². The van der Waals surface area contributed by atoms with Crippen molar-refractivity contribution in [3.05, 3.63) is 227 Å². The minimum atomic E-state index is -4.45. The molecule has 456 valence electrons. The van der Waals surface area contributed by atoms with Gasteiger partial charge in [-0.2, -0.15) is 13.0 Å². The van der Waals surface area contributed by atoms with Crippen LogP contribution in [0.3, 0.4) is 0 Å². The van der Waals surface area contributed by atoms with Crippen LogP contribution in [0, 0.1) is 0 Å². The van der Waals surface area contributed by atoms with E-state index < -0.39 is 51.1 Å². The molecule has 16 nitrogen and oxygen atoms in total. The minimum absolute atomic E-state index is 0.134. The lowest BCUT2D eigenvalue weighted by Gasteiger charge is -2.27. The van der Waals surface area contributed by atoms with Crippen LogP contribution in [0.5, 0.6) is 0 Å². The van der Waals surface area contributed by atoms with E-state index in [0.29, 0.717) is 75.0 Å². The minimum Gasteiger partial charge on any atom is -0.748 e. The highest BCUT2D eigenvalue weighted by Gasteiger charge is 2.44. The van der Waals surface area contributed by atoms with Gasteiger partial charge in [0.2, 0.25) is 11.6 Å². The summed E-state index contributed by atoms with van der Waals surface area (Å²) in [5, 5.41) is 47.9. The van der Waals surface area contributed by atoms with E-state index in [1.54, 1.807) is 31.2 Å². The van der Waals surface area contributed by atoms with E-state index in [1.165, 1.54) is 0 Å². The van der Waals surface area contributed by atoms with Crippen molar-refractivity contribution in [1.82, 2.24) is 10.2 Å². The lowest BCUT2D eigenvalue weighted by atomic mass is 9.75. The van der Waals surface area contributed by atoms with E-state index in [4.69, 9.17) is 0 Å². The van der Waals surface area contributed by atoms with Crippen molar-refractivity contribution >= 4 is 79.7 Å². The monoisotopic (exact) mass is 1220 g/mol. The Bertz CT molecular complexity index is 3790. The van der Waals surface area contributed by atoms with Gasteiger partial charge in [0.1, 0.15) is 6.54 Å². The van der Waals surface area contributed by atoms with Crippen LogP contribution in [-0.2, 0) is 61.8 Å². The van der Waals surface area contributed by atoms with Gasteiger partial charge in [-0.25, -0.2) is 8.42 Å².